The van der Waals surface area contributed by atoms with Crippen molar-refractivity contribution in [1.29, 1.82) is 5.41 Å². The number of nitrogens with two attached hydrogens (primary N) is 1. The van der Waals surface area contributed by atoms with Gasteiger partial charge in [0.15, 0.2) is 0 Å². The molecule has 2 aromatic rings. The monoisotopic (exact) mass is 274 g/mol. The lowest BCUT2D eigenvalue weighted by molar-refractivity contribution is 0.289. The molecule has 0 aliphatic heterocycles. The fraction of sp³-hybridized carbons (Fsp3) is 0.267. The van der Waals surface area contributed by atoms with Gasteiger partial charge in [0.1, 0.15) is 5.84 Å². The van der Waals surface area contributed by atoms with Crippen LogP contribution in [0.25, 0.3) is 10.8 Å². The van der Waals surface area contributed by atoms with Gasteiger partial charge in [0, 0.05) is 22.3 Å². The van der Waals surface area contributed by atoms with Crippen molar-refractivity contribution in [2.24, 2.45) is 5.73 Å². The van der Waals surface area contributed by atoms with Crippen molar-refractivity contribution >= 4 is 28.4 Å². The van der Waals surface area contributed by atoms with Crippen LogP contribution in [0.3, 0.4) is 0 Å². The zero-order valence-corrected chi connectivity index (χ0v) is 11.7. The van der Waals surface area contributed by atoms with E-state index >= 15 is 0 Å². The second kappa shape index (κ2) is 6.08. The summed E-state index contributed by atoms with van der Waals surface area (Å²) in [6.45, 7) is 2.31. The zero-order chi connectivity index (χ0) is 13.8. The van der Waals surface area contributed by atoms with Crippen LogP contribution in [0.15, 0.2) is 41.3 Å². The van der Waals surface area contributed by atoms with Crippen LogP contribution in [0.4, 0.5) is 0 Å². The van der Waals surface area contributed by atoms with Crippen LogP contribution in [0.5, 0.6) is 0 Å². The third-order valence-electron chi connectivity index (χ3n) is 3.04. The quantitative estimate of drug-likeness (QED) is 0.446. The number of rotatable bonds is 5. The van der Waals surface area contributed by atoms with E-state index in [-0.39, 0.29) is 12.4 Å². The van der Waals surface area contributed by atoms with Crippen LogP contribution in [0.1, 0.15) is 18.9 Å². The maximum absolute atomic E-state index is 8.99. The van der Waals surface area contributed by atoms with Crippen molar-refractivity contribution in [3.8, 4) is 0 Å². The van der Waals surface area contributed by atoms with Gasteiger partial charge in [-0.05, 0) is 29.3 Å². The molecule has 3 nitrogen and oxygen atoms in total. The highest BCUT2D eigenvalue weighted by molar-refractivity contribution is 8.00. The van der Waals surface area contributed by atoms with Crippen LogP contribution < -0.4 is 5.73 Å². The van der Waals surface area contributed by atoms with Crippen LogP contribution in [0.2, 0.25) is 0 Å². The van der Waals surface area contributed by atoms with Crippen LogP contribution in [-0.4, -0.2) is 22.8 Å². The van der Waals surface area contributed by atoms with E-state index in [1.54, 1.807) is 11.8 Å². The van der Waals surface area contributed by atoms with Gasteiger partial charge in [0.25, 0.3) is 0 Å². The molecule has 0 saturated carbocycles. The summed E-state index contributed by atoms with van der Waals surface area (Å²) >= 11 is 1.75. The predicted molar refractivity (Wildman–Crippen MR) is 82.0 cm³/mol. The van der Waals surface area contributed by atoms with Crippen molar-refractivity contribution in [3.63, 3.8) is 0 Å². The highest BCUT2D eigenvalue weighted by Crippen LogP contribution is 2.33. The van der Waals surface area contributed by atoms with Crippen LogP contribution in [-0.2, 0) is 0 Å². The summed E-state index contributed by atoms with van der Waals surface area (Å²) in [6, 6.07) is 11.9. The lowest BCUT2D eigenvalue weighted by Crippen LogP contribution is -2.11. The van der Waals surface area contributed by atoms with E-state index in [9.17, 15) is 0 Å². The number of hydrogen-bond donors (Lipinski definition) is 3. The summed E-state index contributed by atoms with van der Waals surface area (Å²) < 4.78 is 0. The van der Waals surface area contributed by atoms with Gasteiger partial charge in [0.2, 0.25) is 0 Å². The number of fused-ring (bicyclic) bond motifs is 1. The number of thioether (sulfide) groups is 1. The van der Waals surface area contributed by atoms with Crippen molar-refractivity contribution in [3.05, 3.63) is 42.0 Å². The standard InChI is InChI=1S/C15H18N2OS/c1-10(8-9-18)19-14-7-6-13(15(16)17)11-4-2-3-5-12(11)14/h2-7,10,18H,8-9H2,1H3,(H3,16,17). The average Bonchev–Trinajstić information content (AvgIpc) is 2.39. The zero-order valence-electron chi connectivity index (χ0n) is 10.9. The number of benzene rings is 2. The van der Waals surface area contributed by atoms with Gasteiger partial charge in [-0.1, -0.05) is 31.2 Å². The molecule has 0 aromatic heterocycles. The minimum Gasteiger partial charge on any atom is -0.396 e. The van der Waals surface area contributed by atoms with Crippen LogP contribution in [0, 0.1) is 5.41 Å². The lowest BCUT2D eigenvalue weighted by Gasteiger charge is -2.13. The van der Waals surface area contributed by atoms with Gasteiger partial charge >= 0.3 is 0 Å². The molecule has 1 unspecified atom stereocenters. The molecule has 0 fully saturated rings. The fourth-order valence-electron chi connectivity index (χ4n) is 2.07. The summed E-state index contributed by atoms with van der Waals surface area (Å²) in [5, 5.41) is 19.1. The van der Waals surface area contributed by atoms with Gasteiger partial charge in [-0.2, -0.15) is 0 Å². The number of aliphatic hydroxyl groups is 1. The average molecular weight is 274 g/mol. The Morgan fingerprint density at radius 3 is 2.58 bits per heavy atom. The first-order valence-electron chi connectivity index (χ1n) is 6.27. The smallest absolute Gasteiger partial charge is 0.123 e. The lowest BCUT2D eigenvalue weighted by atomic mass is 10.0. The summed E-state index contributed by atoms with van der Waals surface area (Å²) in [5.74, 6) is 0.0937. The van der Waals surface area contributed by atoms with Gasteiger partial charge in [-0.15, -0.1) is 11.8 Å². The third kappa shape index (κ3) is 3.08. The molecule has 4 N–H and O–H groups in total. The molecule has 0 aliphatic carbocycles. The molecule has 0 heterocycles. The predicted octanol–water partition coefficient (Wildman–Crippen LogP) is 2.99. The Morgan fingerprint density at radius 2 is 1.95 bits per heavy atom. The molecule has 0 bridgehead atoms. The molecule has 1 atom stereocenters. The second-order valence-electron chi connectivity index (χ2n) is 4.51. The molecule has 0 radical (unpaired) electrons. The summed E-state index contributed by atoms with van der Waals surface area (Å²) in [4.78, 5) is 1.17. The molecule has 100 valence electrons. The molecule has 0 amide bonds. The molecular formula is C15H18N2OS. The Balaban J connectivity index is 2.46. The first-order valence-corrected chi connectivity index (χ1v) is 7.15. The van der Waals surface area contributed by atoms with Crippen molar-refractivity contribution in [1.82, 2.24) is 0 Å². The Bertz CT molecular complexity index is 598. The molecule has 2 aromatic carbocycles. The van der Waals surface area contributed by atoms with E-state index in [4.69, 9.17) is 16.2 Å². The third-order valence-corrected chi connectivity index (χ3v) is 4.29. The Labute approximate surface area is 117 Å². The normalized spacial score (nSPS) is 12.5. The largest absolute Gasteiger partial charge is 0.396 e. The molecule has 4 heteroatoms. The Hall–Kier alpha value is -1.52. The first kappa shape index (κ1) is 13.9. The van der Waals surface area contributed by atoms with Gasteiger partial charge in [-0.25, -0.2) is 0 Å². The number of amidine groups is 1. The van der Waals surface area contributed by atoms with E-state index in [1.165, 1.54) is 4.90 Å². The van der Waals surface area contributed by atoms with Gasteiger partial charge in [-0.3, -0.25) is 5.41 Å². The minimum atomic E-state index is 0.0937. The van der Waals surface area contributed by atoms with Gasteiger partial charge in [0.05, 0.1) is 0 Å². The highest BCUT2D eigenvalue weighted by atomic mass is 32.2. The molecule has 0 saturated heterocycles. The molecule has 19 heavy (non-hydrogen) atoms. The van der Waals surface area contributed by atoms with E-state index in [0.29, 0.717) is 5.25 Å². The van der Waals surface area contributed by atoms with Crippen molar-refractivity contribution in [2.45, 2.75) is 23.5 Å². The Morgan fingerprint density at radius 1 is 1.26 bits per heavy atom. The van der Waals surface area contributed by atoms with Crippen molar-refractivity contribution < 1.29 is 5.11 Å². The number of nitrogens with one attached hydrogen (secondary N) is 1. The molecule has 0 aliphatic rings. The van der Waals surface area contributed by atoms with Gasteiger partial charge < -0.3 is 10.8 Å². The van der Waals surface area contributed by atoms with Crippen LogP contribution >= 0.6 is 11.8 Å². The SMILES string of the molecule is CC(CCO)Sc1ccc(C(=N)N)c2ccccc12. The van der Waals surface area contributed by atoms with Crippen molar-refractivity contribution in [2.75, 3.05) is 6.61 Å². The molecular weight excluding hydrogens is 256 g/mol. The first-order chi connectivity index (χ1) is 9.13. The number of hydrogen-bond acceptors (Lipinski definition) is 3. The summed E-state index contributed by atoms with van der Waals surface area (Å²) in [5.41, 5.74) is 6.40. The maximum atomic E-state index is 8.99. The summed E-state index contributed by atoms with van der Waals surface area (Å²) in [6.07, 6.45) is 0.771. The second-order valence-corrected chi connectivity index (χ2v) is 5.99. The minimum absolute atomic E-state index is 0.0937. The molecule has 0 spiro atoms. The topological polar surface area (TPSA) is 70.1 Å². The van der Waals surface area contributed by atoms with E-state index < -0.39 is 0 Å². The Kier molecular flexibility index (Phi) is 4.45. The molecule has 2 rings (SSSR count). The fourth-order valence-corrected chi connectivity index (χ4v) is 3.17. The summed E-state index contributed by atoms with van der Waals surface area (Å²) in [7, 11) is 0. The number of nitrogen functional groups attached to an aromatic ring is 1. The van der Waals surface area contributed by atoms with E-state index in [2.05, 4.69) is 13.0 Å². The highest BCUT2D eigenvalue weighted by Gasteiger charge is 2.10. The van der Waals surface area contributed by atoms with E-state index in [1.807, 2.05) is 30.3 Å². The number of aliphatic hydroxyl groups excluding tert-OH is 1. The van der Waals surface area contributed by atoms with E-state index in [0.717, 1.165) is 22.8 Å². The maximum Gasteiger partial charge on any atom is 0.123 e.